The highest BCUT2D eigenvalue weighted by Crippen LogP contribution is 2.43. The van der Waals surface area contributed by atoms with E-state index in [1.54, 1.807) is 0 Å². The fourth-order valence-electron chi connectivity index (χ4n) is 6.30. The van der Waals surface area contributed by atoms with Crippen molar-refractivity contribution in [2.24, 2.45) is 5.92 Å². The number of carbonyl (C=O) groups is 2. The standard InChI is InChI=1S/C35H35N3O2/c39-34(26-36(23-27-13-4-1-5-14-27)24-28-15-6-2-7-16-28)38-31-22-12-19-30(31)35(40)37(25-29-17-8-3-9-18-29)32-20-10-11-21-33(32)38/h1-11,13-18,20-21,30-31H,12,19,22-26H2/t30-,31+/m0/s1. The van der Waals surface area contributed by atoms with Gasteiger partial charge in [-0.15, -0.1) is 0 Å². The van der Waals surface area contributed by atoms with E-state index in [4.69, 9.17) is 0 Å². The predicted octanol–water partition coefficient (Wildman–Crippen LogP) is 6.44. The molecule has 202 valence electrons. The van der Waals surface area contributed by atoms with Crippen LogP contribution in [0.4, 0.5) is 11.4 Å². The number of para-hydroxylation sites is 2. The summed E-state index contributed by atoms with van der Waals surface area (Å²) in [5, 5.41) is 0. The first-order valence-corrected chi connectivity index (χ1v) is 14.2. The van der Waals surface area contributed by atoms with Gasteiger partial charge in [0.25, 0.3) is 0 Å². The van der Waals surface area contributed by atoms with Gasteiger partial charge in [0.1, 0.15) is 0 Å². The van der Waals surface area contributed by atoms with E-state index in [2.05, 4.69) is 41.3 Å². The molecule has 1 saturated carbocycles. The number of rotatable bonds is 8. The second-order valence-electron chi connectivity index (χ2n) is 10.9. The molecule has 4 aromatic rings. The lowest BCUT2D eigenvalue weighted by Crippen LogP contribution is -2.48. The summed E-state index contributed by atoms with van der Waals surface area (Å²) in [6.45, 7) is 2.11. The maximum Gasteiger partial charge on any atom is 0.241 e. The van der Waals surface area contributed by atoms with E-state index in [0.717, 1.165) is 36.2 Å². The van der Waals surface area contributed by atoms with Crippen LogP contribution >= 0.6 is 0 Å². The molecule has 0 saturated heterocycles. The number of nitrogens with zero attached hydrogens (tertiary/aromatic N) is 3. The van der Waals surface area contributed by atoms with E-state index in [-0.39, 0.29) is 30.3 Å². The van der Waals surface area contributed by atoms with Crippen molar-refractivity contribution in [3.8, 4) is 0 Å². The van der Waals surface area contributed by atoms with Gasteiger partial charge in [-0.1, -0.05) is 110 Å². The second-order valence-corrected chi connectivity index (χ2v) is 10.9. The van der Waals surface area contributed by atoms with E-state index < -0.39 is 0 Å². The Bertz CT molecular complexity index is 1400. The van der Waals surface area contributed by atoms with Crippen molar-refractivity contribution in [1.29, 1.82) is 0 Å². The van der Waals surface area contributed by atoms with Gasteiger partial charge in [-0.25, -0.2) is 0 Å². The molecule has 5 nitrogen and oxygen atoms in total. The summed E-state index contributed by atoms with van der Waals surface area (Å²) >= 11 is 0. The Morgan fingerprint density at radius 3 is 1.80 bits per heavy atom. The molecule has 2 aliphatic rings. The molecule has 0 radical (unpaired) electrons. The molecule has 0 unspecified atom stereocenters. The smallest absolute Gasteiger partial charge is 0.241 e. The lowest BCUT2D eigenvalue weighted by Gasteiger charge is -2.33. The number of anilines is 2. The van der Waals surface area contributed by atoms with Gasteiger partial charge in [-0.3, -0.25) is 14.5 Å². The van der Waals surface area contributed by atoms with Gasteiger partial charge in [-0.05, 0) is 41.7 Å². The summed E-state index contributed by atoms with van der Waals surface area (Å²) in [5.74, 6) is -0.0261. The molecule has 0 bridgehead atoms. The minimum absolute atomic E-state index is 0.0468. The van der Waals surface area contributed by atoms with E-state index in [9.17, 15) is 9.59 Å². The molecule has 4 aromatic carbocycles. The molecule has 1 heterocycles. The first-order chi connectivity index (χ1) is 19.7. The Balaban J connectivity index is 1.34. The lowest BCUT2D eigenvalue weighted by molar-refractivity contribution is -0.123. The van der Waals surface area contributed by atoms with Crippen LogP contribution in [0.1, 0.15) is 36.0 Å². The van der Waals surface area contributed by atoms with E-state index >= 15 is 0 Å². The van der Waals surface area contributed by atoms with Gasteiger partial charge in [-0.2, -0.15) is 0 Å². The zero-order chi connectivity index (χ0) is 27.3. The van der Waals surface area contributed by atoms with Gasteiger partial charge in [0.15, 0.2) is 0 Å². The maximum atomic E-state index is 14.4. The summed E-state index contributed by atoms with van der Waals surface area (Å²) in [6.07, 6.45) is 2.60. The lowest BCUT2D eigenvalue weighted by atomic mass is 10.0. The summed E-state index contributed by atoms with van der Waals surface area (Å²) in [5.41, 5.74) is 5.08. The van der Waals surface area contributed by atoms with Crippen LogP contribution in [0.5, 0.6) is 0 Å². The first-order valence-electron chi connectivity index (χ1n) is 14.2. The molecular formula is C35H35N3O2. The van der Waals surface area contributed by atoms with Crippen LogP contribution in [-0.4, -0.2) is 29.3 Å². The van der Waals surface area contributed by atoms with Gasteiger partial charge < -0.3 is 9.80 Å². The zero-order valence-electron chi connectivity index (χ0n) is 22.7. The third-order valence-electron chi connectivity index (χ3n) is 8.14. The van der Waals surface area contributed by atoms with Crippen molar-refractivity contribution in [3.63, 3.8) is 0 Å². The monoisotopic (exact) mass is 529 g/mol. The van der Waals surface area contributed by atoms with E-state index in [1.165, 1.54) is 11.1 Å². The number of hydrogen-bond donors (Lipinski definition) is 0. The van der Waals surface area contributed by atoms with Crippen LogP contribution in [0.25, 0.3) is 0 Å². The Labute approximate surface area is 236 Å². The number of fused-ring (bicyclic) bond motifs is 2. The molecule has 0 aromatic heterocycles. The highest BCUT2D eigenvalue weighted by molar-refractivity contribution is 6.07. The van der Waals surface area contributed by atoms with Crippen molar-refractivity contribution in [1.82, 2.24) is 4.90 Å². The quantitative estimate of drug-likeness (QED) is 0.264. The zero-order valence-corrected chi connectivity index (χ0v) is 22.7. The van der Waals surface area contributed by atoms with Gasteiger partial charge in [0.05, 0.1) is 30.4 Å². The minimum atomic E-state index is -0.197. The molecule has 1 aliphatic carbocycles. The van der Waals surface area contributed by atoms with Crippen molar-refractivity contribution < 1.29 is 9.59 Å². The topological polar surface area (TPSA) is 43.9 Å². The molecule has 1 fully saturated rings. The normalized spacial score (nSPS) is 18.4. The number of hydrogen-bond acceptors (Lipinski definition) is 3. The minimum Gasteiger partial charge on any atom is -0.306 e. The first kappa shape index (κ1) is 26.0. The summed E-state index contributed by atoms with van der Waals surface area (Å²) in [4.78, 5) is 34.5. The van der Waals surface area contributed by atoms with E-state index in [1.807, 2.05) is 88.7 Å². The molecule has 2 atom stereocenters. The SMILES string of the molecule is O=C1[C@H]2CCC[C@H]2N(C(=O)CN(Cc2ccccc2)Cc2ccccc2)c2ccccc2N1Cc1ccccc1. The van der Waals surface area contributed by atoms with Gasteiger partial charge in [0.2, 0.25) is 11.8 Å². The maximum absolute atomic E-state index is 14.4. The van der Waals surface area contributed by atoms with Crippen LogP contribution in [0.2, 0.25) is 0 Å². The van der Waals surface area contributed by atoms with E-state index in [0.29, 0.717) is 19.6 Å². The average molecular weight is 530 g/mol. The van der Waals surface area contributed by atoms with Crippen LogP contribution in [-0.2, 0) is 29.2 Å². The highest BCUT2D eigenvalue weighted by Gasteiger charge is 2.45. The van der Waals surface area contributed by atoms with Crippen molar-refractivity contribution in [3.05, 3.63) is 132 Å². The Morgan fingerprint density at radius 1 is 0.675 bits per heavy atom. The van der Waals surface area contributed by atoms with Crippen molar-refractivity contribution >= 4 is 23.2 Å². The average Bonchev–Trinajstić information content (AvgIpc) is 3.44. The molecule has 5 heteroatoms. The second kappa shape index (κ2) is 11.9. The number of amides is 2. The molecule has 6 rings (SSSR count). The molecule has 0 spiro atoms. The largest absolute Gasteiger partial charge is 0.306 e. The van der Waals surface area contributed by atoms with Crippen molar-refractivity contribution in [2.75, 3.05) is 16.3 Å². The molecular weight excluding hydrogens is 494 g/mol. The third-order valence-corrected chi connectivity index (χ3v) is 8.14. The Hall–Kier alpha value is -4.22. The Morgan fingerprint density at radius 2 is 1.20 bits per heavy atom. The number of benzene rings is 4. The fourth-order valence-corrected chi connectivity index (χ4v) is 6.30. The van der Waals surface area contributed by atoms with Crippen molar-refractivity contribution in [2.45, 2.75) is 44.9 Å². The fraction of sp³-hybridized carbons (Fsp3) is 0.257. The summed E-state index contributed by atoms with van der Waals surface area (Å²) < 4.78 is 0. The molecule has 40 heavy (non-hydrogen) atoms. The van der Waals surface area contributed by atoms with Crippen LogP contribution < -0.4 is 9.80 Å². The summed E-state index contributed by atoms with van der Waals surface area (Å²) in [7, 11) is 0. The Kier molecular flexibility index (Phi) is 7.73. The molecule has 2 amide bonds. The summed E-state index contributed by atoms with van der Waals surface area (Å²) in [6, 6.07) is 38.6. The van der Waals surface area contributed by atoms with Crippen LogP contribution in [0.3, 0.4) is 0 Å². The highest BCUT2D eigenvalue weighted by atomic mass is 16.2. The molecule has 0 N–H and O–H groups in total. The molecule has 1 aliphatic heterocycles. The van der Waals surface area contributed by atoms with Crippen LogP contribution in [0.15, 0.2) is 115 Å². The van der Waals surface area contributed by atoms with Crippen LogP contribution in [0, 0.1) is 5.92 Å². The van der Waals surface area contributed by atoms with Gasteiger partial charge in [0, 0.05) is 19.1 Å². The number of carbonyl (C=O) groups excluding carboxylic acids is 2. The predicted molar refractivity (Wildman–Crippen MR) is 160 cm³/mol. The van der Waals surface area contributed by atoms with Gasteiger partial charge >= 0.3 is 0 Å². The third kappa shape index (κ3) is 5.56.